The lowest BCUT2D eigenvalue weighted by atomic mass is 10.1. The molecule has 0 unspecified atom stereocenters. The minimum Gasteiger partial charge on any atom is -0.496 e. The molecule has 128 valence electrons. The summed E-state index contributed by atoms with van der Waals surface area (Å²) >= 11 is 0. The van der Waals surface area contributed by atoms with Crippen molar-refractivity contribution in [3.05, 3.63) is 41.8 Å². The number of nitrogens with zero attached hydrogens (tertiary/aromatic N) is 3. The van der Waals surface area contributed by atoms with Gasteiger partial charge in [-0.2, -0.15) is 4.98 Å². The Morgan fingerprint density at radius 1 is 1.42 bits per heavy atom. The molecule has 1 aliphatic heterocycles. The summed E-state index contributed by atoms with van der Waals surface area (Å²) in [7, 11) is 1.51. The maximum Gasteiger partial charge on any atom is 0.227 e. The fraction of sp³-hybridized carbons (Fsp3) is 0.471. The summed E-state index contributed by atoms with van der Waals surface area (Å²) in [6.07, 6.45) is 5.15. The zero-order chi connectivity index (χ0) is 16.9. The first-order valence-electron chi connectivity index (χ1n) is 8.07. The molecule has 0 saturated carbocycles. The predicted octanol–water partition coefficient (Wildman–Crippen LogP) is 2.90. The van der Waals surface area contributed by atoms with Gasteiger partial charge in [0, 0.05) is 12.1 Å². The molecule has 1 amide bonds. The molecule has 6 nitrogen and oxygen atoms in total. The lowest BCUT2D eigenvalue weighted by Gasteiger charge is -2.28. The molecule has 1 aromatic carbocycles. The first-order chi connectivity index (χ1) is 11.7. The largest absolute Gasteiger partial charge is 0.496 e. The van der Waals surface area contributed by atoms with Gasteiger partial charge in [0.2, 0.25) is 12.3 Å². The quantitative estimate of drug-likeness (QED) is 0.860. The van der Waals surface area contributed by atoms with Crippen molar-refractivity contribution in [3.8, 4) is 5.75 Å². The number of likely N-dealkylation sites (tertiary alicyclic amines) is 1. The molecule has 1 aliphatic rings. The number of benzene rings is 1. The van der Waals surface area contributed by atoms with Gasteiger partial charge in [0.25, 0.3) is 0 Å². The SMILES string of the molecule is COc1ccc(F)cc1CC(=O)N1CCCCC[C@@H]1c1ncon1. The molecule has 0 aliphatic carbocycles. The summed E-state index contributed by atoms with van der Waals surface area (Å²) in [6.45, 7) is 0.635. The number of ether oxygens (including phenoxy) is 1. The van der Waals surface area contributed by atoms with Crippen LogP contribution in [-0.4, -0.2) is 34.6 Å². The number of hydrogen-bond donors (Lipinski definition) is 0. The van der Waals surface area contributed by atoms with Gasteiger partial charge in [-0.05, 0) is 31.0 Å². The topological polar surface area (TPSA) is 68.5 Å². The van der Waals surface area contributed by atoms with E-state index in [1.54, 1.807) is 4.90 Å². The Labute approximate surface area is 139 Å². The van der Waals surface area contributed by atoms with E-state index in [1.165, 1.54) is 31.7 Å². The Bertz CT molecular complexity index is 690. The normalized spacial score (nSPS) is 18.2. The van der Waals surface area contributed by atoms with E-state index in [0.29, 0.717) is 23.7 Å². The van der Waals surface area contributed by atoms with Crippen LogP contribution in [-0.2, 0) is 11.2 Å². The van der Waals surface area contributed by atoms with Gasteiger partial charge in [0.15, 0.2) is 5.82 Å². The van der Waals surface area contributed by atoms with Crippen LogP contribution in [0, 0.1) is 5.82 Å². The lowest BCUT2D eigenvalue weighted by molar-refractivity contribution is -0.133. The minimum atomic E-state index is -0.385. The predicted molar refractivity (Wildman–Crippen MR) is 83.9 cm³/mol. The lowest BCUT2D eigenvalue weighted by Crippen LogP contribution is -2.36. The Morgan fingerprint density at radius 2 is 2.29 bits per heavy atom. The third-order valence-electron chi connectivity index (χ3n) is 4.33. The molecule has 1 fully saturated rings. The van der Waals surface area contributed by atoms with Crippen molar-refractivity contribution < 1.29 is 18.4 Å². The number of halogens is 1. The van der Waals surface area contributed by atoms with Gasteiger partial charge in [-0.3, -0.25) is 4.79 Å². The van der Waals surface area contributed by atoms with Crippen LogP contribution in [0.3, 0.4) is 0 Å². The molecule has 7 heteroatoms. The summed E-state index contributed by atoms with van der Waals surface area (Å²) in [4.78, 5) is 18.8. The van der Waals surface area contributed by atoms with Crippen LogP contribution >= 0.6 is 0 Å². The molecule has 0 radical (unpaired) electrons. The number of methoxy groups -OCH3 is 1. The van der Waals surface area contributed by atoms with Gasteiger partial charge in [-0.1, -0.05) is 18.0 Å². The average Bonchev–Trinajstić information content (AvgIpc) is 2.99. The molecule has 0 bridgehead atoms. The van der Waals surface area contributed by atoms with E-state index in [-0.39, 0.29) is 24.2 Å². The molecular formula is C17H20FN3O3. The third kappa shape index (κ3) is 3.55. The number of rotatable bonds is 4. The fourth-order valence-electron chi connectivity index (χ4n) is 3.15. The van der Waals surface area contributed by atoms with E-state index in [9.17, 15) is 9.18 Å². The van der Waals surface area contributed by atoms with Crippen LogP contribution in [0.5, 0.6) is 5.75 Å². The first-order valence-corrected chi connectivity index (χ1v) is 8.07. The Kier molecular flexibility index (Phi) is 5.08. The van der Waals surface area contributed by atoms with Gasteiger partial charge < -0.3 is 14.2 Å². The second-order valence-electron chi connectivity index (χ2n) is 5.87. The van der Waals surface area contributed by atoms with E-state index in [1.807, 2.05) is 0 Å². The number of aromatic nitrogens is 2. The van der Waals surface area contributed by atoms with Gasteiger partial charge in [0.05, 0.1) is 19.6 Å². The maximum absolute atomic E-state index is 13.5. The molecule has 3 rings (SSSR count). The van der Waals surface area contributed by atoms with Gasteiger partial charge in [-0.25, -0.2) is 4.39 Å². The highest BCUT2D eigenvalue weighted by Crippen LogP contribution is 2.29. The smallest absolute Gasteiger partial charge is 0.227 e. The van der Waals surface area contributed by atoms with Crippen LogP contribution < -0.4 is 4.74 Å². The molecule has 0 spiro atoms. The molecule has 2 aromatic rings. The van der Waals surface area contributed by atoms with Crippen LogP contribution in [0.4, 0.5) is 4.39 Å². The Hall–Kier alpha value is -2.44. The van der Waals surface area contributed by atoms with E-state index in [4.69, 9.17) is 9.26 Å². The third-order valence-corrected chi connectivity index (χ3v) is 4.33. The highest BCUT2D eigenvalue weighted by Gasteiger charge is 2.30. The van der Waals surface area contributed by atoms with Gasteiger partial charge in [0.1, 0.15) is 11.6 Å². The molecule has 1 aromatic heterocycles. The maximum atomic E-state index is 13.5. The minimum absolute atomic E-state index is 0.0787. The standard InChI is InChI=1S/C17H20FN3O3/c1-23-15-7-6-13(18)9-12(15)10-16(22)21-8-4-2-3-5-14(21)17-19-11-24-20-17/h6-7,9,11,14H,2-5,8,10H2,1H3/t14-/m1/s1. The molecule has 1 saturated heterocycles. The van der Waals surface area contributed by atoms with Crippen molar-refractivity contribution in [2.45, 2.75) is 38.1 Å². The van der Waals surface area contributed by atoms with Crippen molar-refractivity contribution in [1.82, 2.24) is 15.0 Å². The first kappa shape index (κ1) is 16.4. The second kappa shape index (κ2) is 7.42. The highest BCUT2D eigenvalue weighted by molar-refractivity contribution is 5.80. The zero-order valence-electron chi connectivity index (χ0n) is 13.6. The van der Waals surface area contributed by atoms with Crippen molar-refractivity contribution in [2.24, 2.45) is 0 Å². The summed E-state index contributed by atoms with van der Waals surface area (Å²) in [5.74, 6) is 0.562. The number of hydrogen-bond acceptors (Lipinski definition) is 5. The summed E-state index contributed by atoms with van der Waals surface area (Å²) < 4.78 is 23.6. The Morgan fingerprint density at radius 3 is 3.04 bits per heavy atom. The molecule has 2 heterocycles. The second-order valence-corrected chi connectivity index (χ2v) is 5.87. The van der Waals surface area contributed by atoms with Crippen LogP contribution in [0.2, 0.25) is 0 Å². The van der Waals surface area contributed by atoms with Crippen molar-refractivity contribution >= 4 is 5.91 Å². The zero-order valence-corrected chi connectivity index (χ0v) is 13.6. The summed E-state index contributed by atoms with van der Waals surface area (Å²) in [6, 6.07) is 4.01. The van der Waals surface area contributed by atoms with Crippen LogP contribution in [0.25, 0.3) is 0 Å². The summed E-state index contributed by atoms with van der Waals surface area (Å²) in [5, 5.41) is 3.90. The van der Waals surface area contributed by atoms with E-state index in [0.717, 1.165) is 25.7 Å². The van der Waals surface area contributed by atoms with Gasteiger partial charge >= 0.3 is 0 Å². The molecule has 1 atom stereocenters. The monoisotopic (exact) mass is 333 g/mol. The molecular weight excluding hydrogens is 313 g/mol. The van der Waals surface area contributed by atoms with E-state index >= 15 is 0 Å². The van der Waals surface area contributed by atoms with Crippen molar-refractivity contribution in [3.63, 3.8) is 0 Å². The number of carbonyl (C=O) groups is 1. The van der Waals surface area contributed by atoms with E-state index < -0.39 is 0 Å². The average molecular weight is 333 g/mol. The van der Waals surface area contributed by atoms with E-state index in [2.05, 4.69) is 10.1 Å². The van der Waals surface area contributed by atoms with Crippen molar-refractivity contribution in [1.29, 1.82) is 0 Å². The van der Waals surface area contributed by atoms with Crippen LogP contribution in [0.1, 0.15) is 43.1 Å². The van der Waals surface area contributed by atoms with Crippen molar-refractivity contribution in [2.75, 3.05) is 13.7 Å². The Balaban J connectivity index is 1.82. The molecule has 24 heavy (non-hydrogen) atoms. The molecule has 0 N–H and O–H groups in total. The highest BCUT2D eigenvalue weighted by atomic mass is 19.1. The summed E-state index contributed by atoms with van der Waals surface area (Å²) in [5.41, 5.74) is 0.540. The van der Waals surface area contributed by atoms with Gasteiger partial charge in [-0.15, -0.1) is 0 Å². The number of amides is 1. The van der Waals surface area contributed by atoms with Crippen LogP contribution in [0.15, 0.2) is 29.1 Å². The fourth-order valence-corrected chi connectivity index (χ4v) is 3.15. The number of carbonyl (C=O) groups excluding carboxylic acids is 1.